The molecule has 0 spiro atoms. The van der Waals surface area contributed by atoms with Gasteiger partial charge in [-0.1, -0.05) is 0 Å². The van der Waals surface area contributed by atoms with E-state index >= 15 is 0 Å². The van der Waals surface area contributed by atoms with Gasteiger partial charge in [0.25, 0.3) is 0 Å². The van der Waals surface area contributed by atoms with Crippen LogP contribution in [0.3, 0.4) is 0 Å². The topological polar surface area (TPSA) is 66.4 Å². The molecule has 1 N–H and O–H groups in total. The second-order valence-electron chi connectivity index (χ2n) is 3.62. The first kappa shape index (κ1) is 13.8. The van der Waals surface area contributed by atoms with Crippen molar-refractivity contribution in [1.29, 1.82) is 0 Å². The van der Waals surface area contributed by atoms with Gasteiger partial charge in [0.15, 0.2) is 6.29 Å². The number of hydrogen-bond donors (Lipinski definition) is 1. The van der Waals surface area contributed by atoms with Gasteiger partial charge in [-0.3, -0.25) is 0 Å². The Kier molecular flexibility index (Phi) is 5.60. The van der Waals surface area contributed by atoms with Crippen molar-refractivity contribution < 1.29 is 28.8 Å². The van der Waals surface area contributed by atoms with Crippen molar-refractivity contribution in [3.8, 4) is 0 Å². The summed E-state index contributed by atoms with van der Waals surface area (Å²) in [7, 11) is 6.16. The lowest BCUT2D eigenvalue weighted by molar-refractivity contribution is -0.300. The third kappa shape index (κ3) is 2.71. The van der Waals surface area contributed by atoms with Gasteiger partial charge in [-0.25, -0.2) is 0 Å². The standard InChI is InChI=1S/C10H20O6/c1-12-5-6-7(13-2)8(14-3)9(15-4)10(11)16-6/h6-11H,5H2,1-4H3. The molecule has 16 heavy (non-hydrogen) atoms. The Morgan fingerprint density at radius 2 is 1.50 bits per heavy atom. The van der Waals surface area contributed by atoms with Crippen LogP contribution >= 0.6 is 0 Å². The molecule has 1 heterocycles. The molecule has 0 bridgehead atoms. The molecular weight excluding hydrogens is 216 g/mol. The summed E-state index contributed by atoms with van der Waals surface area (Å²) in [6, 6.07) is 0. The zero-order chi connectivity index (χ0) is 12.1. The molecule has 6 nitrogen and oxygen atoms in total. The molecule has 0 aromatic heterocycles. The van der Waals surface area contributed by atoms with Crippen molar-refractivity contribution in [2.24, 2.45) is 0 Å². The molecular formula is C10H20O6. The fraction of sp³-hybridized carbons (Fsp3) is 1.00. The summed E-state index contributed by atoms with van der Waals surface area (Å²) >= 11 is 0. The highest BCUT2D eigenvalue weighted by Gasteiger charge is 2.46. The number of rotatable bonds is 5. The van der Waals surface area contributed by atoms with Gasteiger partial charge in [-0.15, -0.1) is 0 Å². The number of aliphatic hydroxyl groups is 1. The minimum atomic E-state index is -1.04. The zero-order valence-electron chi connectivity index (χ0n) is 10.1. The maximum Gasteiger partial charge on any atom is 0.184 e. The highest BCUT2D eigenvalue weighted by Crippen LogP contribution is 2.25. The van der Waals surface area contributed by atoms with E-state index in [-0.39, 0.29) is 18.3 Å². The normalized spacial score (nSPS) is 39.9. The Labute approximate surface area is 95.4 Å². The molecule has 0 saturated carbocycles. The van der Waals surface area contributed by atoms with Crippen LogP contribution in [-0.4, -0.2) is 70.9 Å². The van der Waals surface area contributed by atoms with Crippen LogP contribution < -0.4 is 0 Å². The average Bonchev–Trinajstić information content (AvgIpc) is 2.28. The summed E-state index contributed by atoms with van der Waals surface area (Å²) in [5.41, 5.74) is 0. The summed E-state index contributed by atoms with van der Waals surface area (Å²) < 4.78 is 26.1. The van der Waals surface area contributed by atoms with Crippen molar-refractivity contribution in [3.05, 3.63) is 0 Å². The van der Waals surface area contributed by atoms with Gasteiger partial charge in [-0.05, 0) is 0 Å². The second kappa shape index (κ2) is 6.48. The molecule has 6 heteroatoms. The number of ether oxygens (including phenoxy) is 5. The predicted molar refractivity (Wildman–Crippen MR) is 55.1 cm³/mol. The van der Waals surface area contributed by atoms with Crippen molar-refractivity contribution in [1.82, 2.24) is 0 Å². The molecule has 1 fully saturated rings. The number of hydrogen-bond acceptors (Lipinski definition) is 6. The van der Waals surface area contributed by atoms with Gasteiger partial charge in [0.1, 0.15) is 24.4 Å². The molecule has 1 aliphatic heterocycles. The van der Waals surface area contributed by atoms with E-state index in [0.717, 1.165) is 0 Å². The van der Waals surface area contributed by atoms with Gasteiger partial charge in [-0.2, -0.15) is 0 Å². The Morgan fingerprint density at radius 3 is 1.94 bits per heavy atom. The molecule has 0 radical (unpaired) electrons. The molecule has 0 aromatic rings. The lowest BCUT2D eigenvalue weighted by atomic mass is 9.98. The molecule has 1 saturated heterocycles. The van der Waals surface area contributed by atoms with Crippen LogP contribution in [0.15, 0.2) is 0 Å². The van der Waals surface area contributed by atoms with Crippen LogP contribution in [0.4, 0.5) is 0 Å². The predicted octanol–water partition coefficient (Wildman–Crippen LogP) is -0.605. The number of aliphatic hydroxyl groups excluding tert-OH is 1. The lowest BCUT2D eigenvalue weighted by Gasteiger charge is -2.42. The van der Waals surface area contributed by atoms with Crippen LogP contribution in [0.1, 0.15) is 0 Å². The molecule has 5 atom stereocenters. The van der Waals surface area contributed by atoms with Gasteiger partial charge < -0.3 is 28.8 Å². The quantitative estimate of drug-likeness (QED) is 0.687. The summed E-state index contributed by atoms with van der Waals surface area (Å²) in [6.07, 6.45) is -2.71. The Hall–Kier alpha value is -0.240. The van der Waals surface area contributed by atoms with Crippen molar-refractivity contribution in [3.63, 3.8) is 0 Å². The van der Waals surface area contributed by atoms with E-state index in [9.17, 15) is 5.11 Å². The molecule has 0 amide bonds. The largest absolute Gasteiger partial charge is 0.382 e. The first-order chi connectivity index (χ1) is 7.69. The third-order valence-electron chi connectivity index (χ3n) is 2.76. The smallest absolute Gasteiger partial charge is 0.184 e. The first-order valence-corrected chi connectivity index (χ1v) is 5.10. The summed E-state index contributed by atoms with van der Waals surface area (Å²) in [6.45, 7) is 0.325. The van der Waals surface area contributed by atoms with Crippen LogP contribution in [0.5, 0.6) is 0 Å². The molecule has 1 aliphatic rings. The van der Waals surface area contributed by atoms with E-state index in [2.05, 4.69) is 0 Å². The monoisotopic (exact) mass is 236 g/mol. The van der Waals surface area contributed by atoms with Crippen LogP contribution in [0.25, 0.3) is 0 Å². The van der Waals surface area contributed by atoms with Crippen LogP contribution in [-0.2, 0) is 23.7 Å². The van der Waals surface area contributed by atoms with Gasteiger partial charge in [0, 0.05) is 28.4 Å². The third-order valence-corrected chi connectivity index (χ3v) is 2.76. The van der Waals surface area contributed by atoms with E-state index < -0.39 is 12.4 Å². The summed E-state index contributed by atoms with van der Waals surface area (Å²) in [5.74, 6) is 0. The lowest BCUT2D eigenvalue weighted by Crippen LogP contribution is -2.60. The minimum absolute atomic E-state index is 0.325. The van der Waals surface area contributed by atoms with E-state index in [1.54, 1.807) is 21.3 Å². The van der Waals surface area contributed by atoms with Gasteiger partial charge in [0.2, 0.25) is 0 Å². The van der Waals surface area contributed by atoms with E-state index in [1.165, 1.54) is 7.11 Å². The van der Waals surface area contributed by atoms with Gasteiger partial charge in [0.05, 0.1) is 6.61 Å². The van der Waals surface area contributed by atoms with Crippen molar-refractivity contribution in [2.45, 2.75) is 30.7 Å². The van der Waals surface area contributed by atoms with Crippen LogP contribution in [0, 0.1) is 0 Å². The summed E-state index contributed by atoms with van der Waals surface area (Å²) in [5, 5.41) is 9.74. The average molecular weight is 236 g/mol. The van der Waals surface area contributed by atoms with Gasteiger partial charge >= 0.3 is 0 Å². The van der Waals surface area contributed by atoms with E-state index in [4.69, 9.17) is 23.7 Å². The SMILES string of the molecule is COCC1OC(O)C(OC)C(OC)C1OC. The Balaban J connectivity index is 2.78. The fourth-order valence-electron chi connectivity index (χ4n) is 2.00. The number of methoxy groups -OCH3 is 4. The first-order valence-electron chi connectivity index (χ1n) is 5.10. The van der Waals surface area contributed by atoms with Crippen molar-refractivity contribution in [2.75, 3.05) is 35.0 Å². The summed E-state index contributed by atoms with van der Waals surface area (Å²) in [4.78, 5) is 0. The second-order valence-corrected chi connectivity index (χ2v) is 3.62. The van der Waals surface area contributed by atoms with Crippen LogP contribution in [0.2, 0.25) is 0 Å². The van der Waals surface area contributed by atoms with E-state index in [0.29, 0.717) is 6.61 Å². The maximum absolute atomic E-state index is 9.74. The minimum Gasteiger partial charge on any atom is -0.382 e. The molecule has 0 aliphatic carbocycles. The molecule has 0 aromatic carbocycles. The Morgan fingerprint density at radius 1 is 0.938 bits per heavy atom. The highest BCUT2D eigenvalue weighted by atomic mass is 16.7. The molecule has 5 unspecified atom stereocenters. The molecule has 96 valence electrons. The molecule has 1 rings (SSSR count). The Bertz CT molecular complexity index is 200. The van der Waals surface area contributed by atoms with E-state index in [1.807, 2.05) is 0 Å². The fourth-order valence-corrected chi connectivity index (χ4v) is 2.00. The maximum atomic E-state index is 9.74. The zero-order valence-corrected chi connectivity index (χ0v) is 10.1. The van der Waals surface area contributed by atoms with Crippen molar-refractivity contribution >= 4 is 0 Å². The highest BCUT2D eigenvalue weighted by molar-refractivity contribution is 4.91.